The van der Waals surface area contributed by atoms with Gasteiger partial charge < -0.3 is 10.1 Å². The van der Waals surface area contributed by atoms with Crippen LogP contribution in [0.5, 0.6) is 5.75 Å². The first-order valence-electron chi connectivity index (χ1n) is 9.66. The molecule has 5 rings (SSSR count). The molecule has 1 aromatic heterocycles. The molecule has 1 heterocycles. The molecule has 1 fully saturated rings. The third kappa shape index (κ3) is 4.04. The first kappa shape index (κ1) is 19.6. The molecule has 1 aliphatic carbocycles. The highest BCUT2D eigenvalue weighted by molar-refractivity contribution is 5.86. The molecular formula is C24H22ClFN2O. The van der Waals surface area contributed by atoms with Gasteiger partial charge in [-0.05, 0) is 59.3 Å². The summed E-state index contributed by atoms with van der Waals surface area (Å²) < 4.78 is 20.4. The lowest BCUT2D eigenvalue weighted by Gasteiger charge is -2.36. The number of pyridine rings is 1. The molecule has 0 saturated heterocycles. The van der Waals surface area contributed by atoms with Gasteiger partial charge in [-0.15, -0.1) is 12.4 Å². The van der Waals surface area contributed by atoms with Gasteiger partial charge in [-0.1, -0.05) is 30.3 Å². The van der Waals surface area contributed by atoms with Gasteiger partial charge in [0.05, 0.1) is 0 Å². The molecular weight excluding hydrogens is 387 g/mol. The minimum absolute atomic E-state index is 0. The van der Waals surface area contributed by atoms with Crippen molar-refractivity contribution in [1.29, 1.82) is 0 Å². The fourth-order valence-corrected chi connectivity index (χ4v) is 3.89. The van der Waals surface area contributed by atoms with E-state index in [1.807, 2.05) is 24.3 Å². The molecule has 3 aromatic carbocycles. The molecule has 29 heavy (non-hydrogen) atoms. The minimum Gasteiger partial charge on any atom is -0.490 e. The number of nitrogens with one attached hydrogen (secondary N) is 1. The van der Waals surface area contributed by atoms with Crippen LogP contribution in [0.4, 0.5) is 4.39 Å². The summed E-state index contributed by atoms with van der Waals surface area (Å²) in [6.45, 7) is 0.514. The van der Waals surface area contributed by atoms with E-state index in [1.54, 1.807) is 18.5 Å². The lowest BCUT2D eigenvalue weighted by Crippen LogP contribution is -2.46. The Balaban J connectivity index is 0.00000205. The van der Waals surface area contributed by atoms with E-state index >= 15 is 0 Å². The first-order chi connectivity index (χ1) is 13.8. The van der Waals surface area contributed by atoms with Crippen molar-refractivity contribution in [2.24, 2.45) is 0 Å². The highest BCUT2D eigenvalue weighted by atomic mass is 35.5. The van der Waals surface area contributed by atoms with E-state index < -0.39 is 0 Å². The number of rotatable bonds is 5. The van der Waals surface area contributed by atoms with Gasteiger partial charge in [0.2, 0.25) is 0 Å². The van der Waals surface area contributed by atoms with Crippen LogP contribution in [-0.4, -0.2) is 17.1 Å². The molecule has 0 unspecified atom stereocenters. The fourth-order valence-electron chi connectivity index (χ4n) is 3.89. The molecule has 0 spiro atoms. The predicted molar refractivity (Wildman–Crippen MR) is 117 cm³/mol. The average Bonchev–Trinajstić information content (AvgIpc) is 2.70. The van der Waals surface area contributed by atoms with Crippen LogP contribution in [0, 0.1) is 5.82 Å². The average molecular weight is 409 g/mol. The van der Waals surface area contributed by atoms with Crippen molar-refractivity contribution < 1.29 is 9.13 Å². The van der Waals surface area contributed by atoms with Crippen LogP contribution in [0.2, 0.25) is 0 Å². The number of benzene rings is 3. The summed E-state index contributed by atoms with van der Waals surface area (Å²) in [7, 11) is 0. The summed E-state index contributed by atoms with van der Waals surface area (Å²) in [4.78, 5) is 4.12. The third-order valence-electron chi connectivity index (χ3n) is 5.56. The van der Waals surface area contributed by atoms with E-state index in [1.165, 1.54) is 16.8 Å². The molecule has 0 aliphatic heterocycles. The first-order valence-corrected chi connectivity index (χ1v) is 9.66. The smallest absolute Gasteiger partial charge is 0.128 e. The van der Waals surface area contributed by atoms with Crippen LogP contribution < -0.4 is 10.1 Å². The van der Waals surface area contributed by atoms with E-state index in [4.69, 9.17) is 4.74 Å². The molecule has 1 saturated carbocycles. The van der Waals surface area contributed by atoms with Crippen molar-refractivity contribution in [3.8, 4) is 5.75 Å². The van der Waals surface area contributed by atoms with Crippen molar-refractivity contribution in [3.63, 3.8) is 0 Å². The zero-order valence-electron chi connectivity index (χ0n) is 15.8. The van der Waals surface area contributed by atoms with Crippen LogP contribution in [0.1, 0.15) is 18.4 Å². The second-order valence-electron chi connectivity index (χ2n) is 7.42. The van der Waals surface area contributed by atoms with Gasteiger partial charge >= 0.3 is 0 Å². The molecule has 148 valence electrons. The summed E-state index contributed by atoms with van der Waals surface area (Å²) in [5.41, 5.74) is 0.707. The fraction of sp³-hybridized carbons (Fsp3) is 0.208. The van der Waals surface area contributed by atoms with Crippen LogP contribution in [0.25, 0.3) is 21.5 Å². The van der Waals surface area contributed by atoms with Crippen molar-refractivity contribution in [3.05, 3.63) is 84.4 Å². The monoisotopic (exact) mass is 408 g/mol. The van der Waals surface area contributed by atoms with Crippen molar-refractivity contribution in [2.75, 3.05) is 0 Å². The molecule has 1 aliphatic rings. The van der Waals surface area contributed by atoms with Gasteiger partial charge in [0.1, 0.15) is 17.7 Å². The summed E-state index contributed by atoms with van der Waals surface area (Å²) in [5.74, 6) is 0.740. The van der Waals surface area contributed by atoms with Crippen LogP contribution >= 0.6 is 12.4 Å². The van der Waals surface area contributed by atoms with E-state index in [-0.39, 0.29) is 24.3 Å². The van der Waals surface area contributed by atoms with E-state index in [0.29, 0.717) is 18.2 Å². The summed E-state index contributed by atoms with van der Waals surface area (Å²) in [6, 6.07) is 20.0. The molecule has 4 aromatic rings. The number of ether oxygens (including phenoxy) is 1. The van der Waals surface area contributed by atoms with E-state index in [0.717, 1.165) is 29.4 Å². The highest BCUT2D eigenvalue weighted by Crippen LogP contribution is 2.29. The molecule has 0 bridgehead atoms. The Morgan fingerprint density at radius 3 is 2.62 bits per heavy atom. The van der Waals surface area contributed by atoms with Crippen LogP contribution in [0.15, 0.2) is 73.1 Å². The summed E-state index contributed by atoms with van der Waals surface area (Å²) >= 11 is 0. The Morgan fingerprint density at radius 1 is 0.966 bits per heavy atom. The largest absolute Gasteiger partial charge is 0.490 e. The van der Waals surface area contributed by atoms with Gasteiger partial charge in [0.15, 0.2) is 0 Å². The van der Waals surface area contributed by atoms with Gasteiger partial charge in [-0.2, -0.15) is 0 Å². The number of hydrogen-bond acceptors (Lipinski definition) is 3. The second kappa shape index (κ2) is 8.36. The quantitative estimate of drug-likeness (QED) is 0.463. The topological polar surface area (TPSA) is 34.2 Å². The van der Waals surface area contributed by atoms with Gasteiger partial charge in [0, 0.05) is 35.9 Å². The SMILES string of the molecule is Cl.Fc1ccc2cnccc2c1CNC1CC(Oc2ccc3ccccc3c2)C1. The number of fused-ring (bicyclic) bond motifs is 2. The number of hydrogen-bond donors (Lipinski definition) is 1. The van der Waals surface area contributed by atoms with Crippen LogP contribution in [0.3, 0.4) is 0 Å². The molecule has 5 heteroatoms. The lowest BCUT2D eigenvalue weighted by molar-refractivity contribution is 0.0844. The van der Waals surface area contributed by atoms with Crippen molar-refractivity contribution in [1.82, 2.24) is 10.3 Å². The zero-order chi connectivity index (χ0) is 18.9. The number of nitrogens with zero attached hydrogens (tertiary/aromatic N) is 1. The normalized spacial score (nSPS) is 18.2. The Hall–Kier alpha value is -2.69. The third-order valence-corrected chi connectivity index (χ3v) is 5.56. The predicted octanol–water partition coefficient (Wildman–Crippen LogP) is 5.65. The van der Waals surface area contributed by atoms with Gasteiger partial charge in [-0.3, -0.25) is 4.98 Å². The number of aromatic nitrogens is 1. The van der Waals surface area contributed by atoms with Crippen molar-refractivity contribution >= 4 is 34.0 Å². The van der Waals surface area contributed by atoms with E-state index in [2.05, 4.69) is 34.6 Å². The second-order valence-corrected chi connectivity index (χ2v) is 7.42. The van der Waals surface area contributed by atoms with Gasteiger partial charge in [-0.25, -0.2) is 4.39 Å². The maximum absolute atomic E-state index is 14.3. The molecule has 0 atom stereocenters. The molecule has 1 N–H and O–H groups in total. The molecule has 0 radical (unpaired) electrons. The summed E-state index contributed by atoms with van der Waals surface area (Å²) in [6.07, 6.45) is 5.55. The minimum atomic E-state index is -0.172. The summed E-state index contributed by atoms with van der Waals surface area (Å²) in [5, 5.41) is 7.77. The highest BCUT2D eigenvalue weighted by Gasteiger charge is 2.30. The standard InChI is InChI=1S/C24H21FN2O.ClH/c25-24-8-6-18-14-26-10-9-22(18)23(24)15-27-19-12-21(13-19)28-20-7-5-16-3-1-2-4-17(16)11-20;/h1-11,14,19,21,27H,12-13,15H2;1H. The molecule has 3 nitrogen and oxygen atoms in total. The Bertz CT molecular complexity index is 1140. The van der Waals surface area contributed by atoms with Crippen molar-refractivity contribution in [2.45, 2.75) is 31.5 Å². The lowest BCUT2D eigenvalue weighted by atomic mass is 9.89. The van der Waals surface area contributed by atoms with E-state index in [9.17, 15) is 4.39 Å². The number of halogens is 2. The zero-order valence-corrected chi connectivity index (χ0v) is 16.7. The Labute approximate surface area is 175 Å². The molecule has 0 amide bonds. The maximum Gasteiger partial charge on any atom is 0.128 e. The van der Waals surface area contributed by atoms with Crippen LogP contribution in [-0.2, 0) is 6.54 Å². The van der Waals surface area contributed by atoms with Gasteiger partial charge in [0.25, 0.3) is 0 Å². The Kier molecular flexibility index (Phi) is 5.65. The Morgan fingerprint density at radius 2 is 1.76 bits per heavy atom. The maximum atomic E-state index is 14.3.